The van der Waals surface area contributed by atoms with Crippen LogP contribution in [0.5, 0.6) is 0 Å². The van der Waals surface area contributed by atoms with E-state index in [0.717, 1.165) is 29.5 Å². The molecule has 2 aromatic carbocycles. The molecule has 0 spiro atoms. The monoisotopic (exact) mass is 541 g/mol. The van der Waals surface area contributed by atoms with Crippen LogP contribution in [0.25, 0.3) is 27.5 Å². The lowest BCUT2D eigenvalue weighted by atomic mass is 9.93. The number of likely N-dealkylation sites (tertiary alicyclic amines) is 1. The smallest absolute Gasteiger partial charge is 0.410 e. The number of rotatable bonds is 4. The average molecular weight is 542 g/mol. The zero-order valence-corrected chi connectivity index (χ0v) is 22.8. The van der Waals surface area contributed by atoms with Gasteiger partial charge in [-0.05, 0) is 57.4 Å². The standard InChI is InChI=1S/C30H32FN7O2/c1-30(2,3)40-29(39)36-11-9-20(10-12-36)26-15-23(27-28(32)33-18-34-38(26)27)22-14-25-21(13-24(22)31)17-37(35-25)16-19-7-5-4-6-8-19/h4-8,13-15,17-18,20H,9-12,16H2,1-3H3,(H2,32,33,34). The van der Waals surface area contributed by atoms with Crippen LogP contribution in [0.2, 0.25) is 0 Å². The third-order valence-corrected chi connectivity index (χ3v) is 7.29. The highest BCUT2D eigenvalue weighted by atomic mass is 19.1. The van der Waals surface area contributed by atoms with Crippen molar-refractivity contribution in [2.75, 3.05) is 18.8 Å². The van der Waals surface area contributed by atoms with Crippen LogP contribution in [0.4, 0.5) is 15.0 Å². The minimum atomic E-state index is -0.544. The lowest BCUT2D eigenvalue weighted by molar-refractivity contribution is 0.0203. The molecule has 0 atom stereocenters. The van der Waals surface area contributed by atoms with E-state index in [9.17, 15) is 4.79 Å². The summed E-state index contributed by atoms with van der Waals surface area (Å²) < 4.78 is 24.8. The summed E-state index contributed by atoms with van der Waals surface area (Å²) in [7, 11) is 0. The van der Waals surface area contributed by atoms with Crippen LogP contribution in [-0.2, 0) is 11.3 Å². The molecule has 3 aromatic heterocycles. The lowest BCUT2D eigenvalue weighted by Crippen LogP contribution is -2.41. The molecule has 2 N–H and O–H groups in total. The largest absolute Gasteiger partial charge is 0.444 e. The molecule has 206 valence electrons. The highest BCUT2D eigenvalue weighted by Crippen LogP contribution is 2.38. The Hall–Kier alpha value is -4.47. The minimum absolute atomic E-state index is 0.103. The van der Waals surface area contributed by atoms with Crippen LogP contribution in [0.15, 0.2) is 61.1 Å². The third kappa shape index (κ3) is 4.97. The molecule has 0 bridgehead atoms. The van der Waals surface area contributed by atoms with Gasteiger partial charge in [-0.15, -0.1) is 0 Å². The molecule has 0 saturated carbocycles. The van der Waals surface area contributed by atoms with Crippen molar-refractivity contribution in [1.82, 2.24) is 29.3 Å². The van der Waals surface area contributed by atoms with Gasteiger partial charge in [-0.3, -0.25) is 4.68 Å². The summed E-state index contributed by atoms with van der Waals surface area (Å²) in [5.74, 6) is 0.0106. The zero-order valence-electron chi connectivity index (χ0n) is 22.8. The Morgan fingerprint density at radius 1 is 1.10 bits per heavy atom. The van der Waals surface area contributed by atoms with Gasteiger partial charge in [-0.25, -0.2) is 18.7 Å². The van der Waals surface area contributed by atoms with Crippen molar-refractivity contribution in [2.45, 2.75) is 51.7 Å². The van der Waals surface area contributed by atoms with Gasteiger partial charge >= 0.3 is 6.09 Å². The molecule has 1 amide bonds. The van der Waals surface area contributed by atoms with Gasteiger partial charge in [0.05, 0.1) is 12.1 Å². The zero-order chi connectivity index (χ0) is 28.0. The molecule has 5 aromatic rings. The average Bonchev–Trinajstić information content (AvgIpc) is 3.49. The quantitative estimate of drug-likeness (QED) is 0.316. The summed E-state index contributed by atoms with van der Waals surface area (Å²) >= 11 is 0. The number of hydrogen-bond donors (Lipinski definition) is 1. The van der Waals surface area contributed by atoms with E-state index >= 15 is 4.39 Å². The second-order valence-corrected chi connectivity index (χ2v) is 11.3. The predicted molar refractivity (Wildman–Crippen MR) is 151 cm³/mol. The fourth-order valence-electron chi connectivity index (χ4n) is 5.43. The Morgan fingerprint density at radius 3 is 2.58 bits per heavy atom. The highest BCUT2D eigenvalue weighted by Gasteiger charge is 2.30. The van der Waals surface area contributed by atoms with Gasteiger partial charge in [0.2, 0.25) is 0 Å². The van der Waals surface area contributed by atoms with Gasteiger partial charge in [-0.2, -0.15) is 10.2 Å². The van der Waals surface area contributed by atoms with Crippen LogP contribution in [-0.4, -0.2) is 54.1 Å². The minimum Gasteiger partial charge on any atom is -0.444 e. The lowest BCUT2D eigenvalue weighted by Gasteiger charge is -2.33. The molecule has 4 heterocycles. The Kier molecular flexibility index (Phi) is 6.40. The van der Waals surface area contributed by atoms with E-state index in [1.165, 1.54) is 12.4 Å². The molecule has 40 heavy (non-hydrogen) atoms. The maximum Gasteiger partial charge on any atom is 0.410 e. The number of hydrogen-bond acceptors (Lipinski definition) is 6. The molecule has 6 rings (SSSR count). The molecular formula is C30H32FN7O2. The highest BCUT2D eigenvalue weighted by molar-refractivity contribution is 5.93. The fraction of sp³-hybridized carbons (Fsp3) is 0.333. The maximum absolute atomic E-state index is 15.6. The first-order valence-corrected chi connectivity index (χ1v) is 13.5. The van der Waals surface area contributed by atoms with Crippen molar-refractivity contribution in [3.05, 3.63) is 78.1 Å². The molecule has 1 saturated heterocycles. The molecule has 0 unspecified atom stereocenters. The first-order valence-electron chi connectivity index (χ1n) is 13.5. The van der Waals surface area contributed by atoms with E-state index in [-0.39, 0.29) is 23.6 Å². The van der Waals surface area contributed by atoms with Gasteiger partial charge < -0.3 is 15.4 Å². The van der Waals surface area contributed by atoms with Gasteiger partial charge in [0.1, 0.15) is 23.3 Å². The molecule has 0 radical (unpaired) electrons. The Labute approximate surface area is 231 Å². The summed E-state index contributed by atoms with van der Waals surface area (Å²) in [5.41, 5.74) is 10.1. The molecule has 1 fully saturated rings. The molecule has 10 heteroatoms. The number of nitrogen functional groups attached to an aromatic ring is 1. The van der Waals surface area contributed by atoms with E-state index in [1.54, 1.807) is 15.5 Å². The number of ether oxygens (including phenoxy) is 1. The maximum atomic E-state index is 15.6. The van der Waals surface area contributed by atoms with Crippen LogP contribution < -0.4 is 5.73 Å². The van der Waals surface area contributed by atoms with Crippen LogP contribution in [0.1, 0.15) is 50.8 Å². The van der Waals surface area contributed by atoms with Crippen molar-refractivity contribution in [2.24, 2.45) is 0 Å². The molecular weight excluding hydrogens is 509 g/mol. The second kappa shape index (κ2) is 9.93. The van der Waals surface area contributed by atoms with Crippen LogP contribution in [0.3, 0.4) is 0 Å². The molecule has 1 aliphatic heterocycles. The number of carbonyl (C=O) groups is 1. The van der Waals surface area contributed by atoms with Crippen molar-refractivity contribution >= 4 is 28.3 Å². The number of amides is 1. The second-order valence-electron chi connectivity index (χ2n) is 11.3. The number of anilines is 1. The van der Waals surface area contributed by atoms with Crippen molar-refractivity contribution in [3.63, 3.8) is 0 Å². The van der Waals surface area contributed by atoms with Gasteiger partial charge in [0, 0.05) is 47.4 Å². The molecule has 9 nitrogen and oxygen atoms in total. The summed E-state index contributed by atoms with van der Waals surface area (Å²) in [6.07, 6.45) is 4.41. The Balaban J connectivity index is 1.33. The summed E-state index contributed by atoms with van der Waals surface area (Å²) in [5, 5.41) is 9.92. The van der Waals surface area contributed by atoms with E-state index in [2.05, 4.69) is 10.1 Å². The van der Waals surface area contributed by atoms with E-state index in [4.69, 9.17) is 15.6 Å². The number of piperidine rings is 1. The number of carbonyl (C=O) groups excluding carboxylic acids is 1. The Morgan fingerprint density at radius 2 is 1.85 bits per heavy atom. The van der Waals surface area contributed by atoms with Crippen molar-refractivity contribution in [1.29, 1.82) is 0 Å². The van der Waals surface area contributed by atoms with Gasteiger partial charge in [0.15, 0.2) is 5.82 Å². The SMILES string of the molecule is CC(C)(C)OC(=O)N1CCC(c2cc(-c3cc4nn(Cc5ccccc5)cc4cc3F)c3c(N)ncnn23)CC1. The van der Waals surface area contributed by atoms with Gasteiger partial charge in [0.25, 0.3) is 0 Å². The number of halogens is 1. The number of nitrogens with two attached hydrogens (primary N) is 1. The summed E-state index contributed by atoms with van der Waals surface area (Å²) in [6, 6.07) is 15.3. The van der Waals surface area contributed by atoms with Crippen LogP contribution >= 0.6 is 0 Å². The fourth-order valence-corrected chi connectivity index (χ4v) is 5.43. The van der Waals surface area contributed by atoms with Crippen molar-refractivity contribution < 1.29 is 13.9 Å². The number of aromatic nitrogens is 5. The molecule has 0 aliphatic carbocycles. The number of fused-ring (bicyclic) bond motifs is 2. The summed E-state index contributed by atoms with van der Waals surface area (Å²) in [4.78, 5) is 18.5. The van der Waals surface area contributed by atoms with E-state index in [1.807, 2.05) is 68.0 Å². The summed E-state index contributed by atoms with van der Waals surface area (Å²) in [6.45, 7) is 7.29. The number of benzene rings is 2. The molecule has 1 aliphatic rings. The number of nitrogens with zero attached hydrogens (tertiary/aromatic N) is 6. The van der Waals surface area contributed by atoms with Gasteiger partial charge in [-0.1, -0.05) is 30.3 Å². The predicted octanol–water partition coefficient (Wildman–Crippen LogP) is 5.63. The van der Waals surface area contributed by atoms with E-state index in [0.29, 0.717) is 41.8 Å². The first-order chi connectivity index (χ1) is 19.2. The first kappa shape index (κ1) is 25.8. The third-order valence-electron chi connectivity index (χ3n) is 7.29. The topological polar surface area (TPSA) is 104 Å². The van der Waals surface area contributed by atoms with Crippen LogP contribution in [0, 0.1) is 5.82 Å². The Bertz CT molecular complexity index is 1700. The van der Waals surface area contributed by atoms with E-state index < -0.39 is 5.60 Å². The van der Waals surface area contributed by atoms with Crippen molar-refractivity contribution in [3.8, 4) is 11.1 Å². The normalized spacial score (nSPS) is 14.8.